The second-order valence-electron chi connectivity index (χ2n) is 5.10. The first-order valence-corrected chi connectivity index (χ1v) is 7.44. The van der Waals surface area contributed by atoms with Gasteiger partial charge in [-0.2, -0.15) is 0 Å². The highest BCUT2D eigenvalue weighted by Gasteiger charge is 2.12. The first-order valence-electron chi connectivity index (χ1n) is 7.44. The number of ether oxygens (including phenoxy) is 3. The van der Waals surface area contributed by atoms with Crippen LogP contribution >= 0.6 is 0 Å². The first kappa shape index (κ1) is 15.8. The van der Waals surface area contributed by atoms with E-state index < -0.39 is 0 Å². The Kier molecular flexibility index (Phi) is 4.61. The Balaban J connectivity index is 1.95. The van der Waals surface area contributed by atoms with Crippen molar-refractivity contribution in [3.8, 4) is 17.2 Å². The molecule has 2 aromatic carbocycles. The van der Waals surface area contributed by atoms with Crippen molar-refractivity contribution < 1.29 is 14.2 Å². The smallest absolute Gasteiger partial charge is 0.203 e. The molecule has 0 saturated carbocycles. The zero-order valence-electron chi connectivity index (χ0n) is 13.8. The molecular formula is C19H18N2O3. The fourth-order valence-electron chi connectivity index (χ4n) is 2.47. The third-order valence-electron chi connectivity index (χ3n) is 3.64. The van der Waals surface area contributed by atoms with Crippen LogP contribution < -0.4 is 14.2 Å². The Morgan fingerprint density at radius 3 is 2.33 bits per heavy atom. The molecule has 0 radical (unpaired) electrons. The number of nitrogens with zero attached hydrogens (tertiary/aromatic N) is 2. The minimum absolute atomic E-state index is 0.564. The van der Waals surface area contributed by atoms with Crippen LogP contribution in [0.5, 0.6) is 17.2 Å². The Hall–Kier alpha value is -3.08. The van der Waals surface area contributed by atoms with Crippen molar-refractivity contribution in [2.75, 3.05) is 21.3 Å². The van der Waals surface area contributed by atoms with E-state index in [2.05, 4.69) is 9.98 Å². The molecule has 5 nitrogen and oxygen atoms in total. The molecule has 0 N–H and O–H groups in total. The average molecular weight is 322 g/mol. The highest BCUT2D eigenvalue weighted by molar-refractivity contribution is 5.87. The molecule has 0 bridgehead atoms. The third kappa shape index (κ3) is 3.15. The molecule has 24 heavy (non-hydrogen) atoms. The van der Waals surface area contributed by atoms with Gasteiger partial charge in [-0.3, -0.25) is 9.98 Å². The summed E-state index contributed by atoms with van der Waals surface area (Å²) >= 11 is 0. The molecular weight excluding hydrogens is 304 g/mol. The minimum Gasteiger partial charge on any atom is -0.493 e. The standard InChI is InChI=1S/C19H18N2O3/c1-22-17-9-13(10-18(23-2)19(17)24-3)12-21-15-6-7-16-14(11-15)5-4-8-20-16/h4-12H,1-3H3. The van der Waals surface area contributed by atoms with E-state index >= 15 is 0 Å². The lowest BCUT2D eigenvalue weighted by atomic mass is 10.2. The number of hydrogen-bond acceptors (Lipinski definition) is 5. The van der Waals surface area contributed by atoms with Gasteiger partial charge in [-0.25, -0.2) is 0 Å². The molecule has 0 amide bonds. The number of aliphatic imine (C=N–C) groups is 1. The highest BCUT2D eigenvalue weighted by atomic mass is 16.5. The van der Waals surface area contributed by atoms with E-state index in [0.29, 0.717) is 17.2 Å². The van der Waals surface area contributed by atoms with E-state index in [1.807, 2.05) is 42.5 Å². The topological polar surface area (TPSA) is 52.9 Å². The van der Waals surface area contributed by atoms with Crippen LogP contribution in [0.3, 0.4) is 0 Å². The highest BCUT2D eigenvalue weighted by Crippen LogP contribution is 2.37. The van der Waals surface area contributed by atoms with Crippen molar-refractivity contribution in [1.82, 2.24) is 4.98 Å². The zero-order valence-corrected chi connectivity index (χ0v) is 13.8. The lowest BCUT2D eigenvalue weighted by Gasteiger charge is -2.12. The summed E-state index contributed by atoms with van der Waals surface area (Å²) in [5, 5.41) is 1.05. The van der Waals surface area contributed by atoms with Crippen molar-refractivity contribution in [1.29, 1.82) is 0 Å². The summed E-state index contributed by atoms with van der Waals surface area (Å²) in [4.78, 5) is 8.83. The van der Waals surface area contributed by atoms with E-state index in [1.165, 1.54) is 0 Å². The number of benzene rings is 2. The molecule has 0 unspecified atom stereocenters. The molecule has 0 aliphatic rings. The van der Waals surface area contributed by atoms with Gasteiger partial charge in [0, 0.05) is 23.4 Å². The van der Waals surface area contributed by atoms with Gasteiger partial charge in [0.1, 0.15) is 0 Å². The predicted molar refractivity (Wildman–Crippen MR) is 95.1 cm³/mol. The SMILES string of the molecule is COc1cc(C=Nc2ccc3ncccc3c2)cc(OC)c1OC. The molecule has 5 heteroatoms. The number of aromatic nitrogens is 1. The van der Waals surface area contributed by atoms with Gasteiger partial charge in [-0.1, -0.05) is 6.07 Å². The van der Waals surface area contributed by atoms with Crippen LogP contribution in [0, 0.1) is 0 Å². The molecule has 1 aromatic heterocycles. The van der Waals surface area contributed by atoms with Crippen LogP contribution in [-0.2, 0) is 0 Å². The summed E-state index contributed by atoms with van der Waals surface area (Å²) in [7, 11) is 4.76. The maximum atomic E-state index is 5.35. The summed E-state index contributed by atoms with van der Waals surface area (Å²) in [5.74, 6) is 1.76. The summed E-state index contributed by atoms with van der Waals surface area (Å²) in [6, 6.07) is 13.5. The van der Waals surface area contributed by atoms with Crippen LogP contribution in [0.15, 0.2) is 53.7 Å². The van der Waals surface area contributed by atoms with Crippen LogP contribution in [0.2, 0.25) is 0 Å². The van der Waals surface area contributed by atoms with E-state index in [4.69, 9.17) is 14.2 Å². The Bertz CT molecular complexity index is 866. The Morgan fingerprint density at radius 1 is 0.917 bits per heavy atom. The molecule has 122 valence electrons. The number of pyridine rings is 1. The van der Waals surface area contributed by atoms with Gasteiger partial charge in [0.15, 0.2) is 11.5 Å². The molecule has 3 aromatic rings. The fraction of sp³-hybridized carbons (Fsp3) is 0.158. The van der Waals surface area contributed by atoms with Crippen LogP contribution in [0.25, 0.3) is 10.9 Å². The van der Waals surface area contributed by atoms with Crippen LogP contribution in [0.1, 0.15) is 5.56 Å². The van der Waals surface area contributed by atoms with Crippen molar-refractivity contribution in [2.24, 2.45) is 4.99 Å². The summed E-state index contributed by atoms with van der Waals surface area (Å²) in [6.45, 7) is 0. The Morgan fingerprint density at radius 2 is 1.67 bits per heavy atom. The minimum atomic E-state index is 0.564. The molecule has 0 atom stereocenters. The van der Waals surface area contributed by atoms with Gasteiger partial charge >= 0.3 is 0 Å². The number of methoxy groups -OCH3 is 3. The molecule has 0 saturated heterocycles. The van der Waals surface area contributed by atoms with E-state index in [1.54, 1.807) is 33.7 Å². The van der Waals surface area contributed by atoms with Gasteiger partial charge < -0.3 is 14.2 Å². The lowest BCUT2D eigenvalue weighted by Crippen LogP contribution is -1.96. The molecule has 0 aliphatic carbocycles. The van der Waals surface area contributed by atoms with Crippen molar-refractivity contribution in [3.05, 3.63) is 54.2 Å². The van der Waals surface area contributed by atoms with Gasteiger partial charge in [-0.15, -0.1) is 0 Å². The van der Waals surface area contributed by atoms with E-state index in [0.717, 1.165) is 22.2 Å². The monoisotopic (exact) mass is 322 g/mol. The second kappa shape index (κ2) is 7.00. The fourth-order valence-corrected chi connectivity index (χ4v) is 2.47. The largest absolute Gasteiger partial charge is 0.493 e. The van der Waals surface area contributed by atoms with Gasteiger partial charge in [0.05, 0.1) is 32.5 Å². The van der Waals surface area contributed by atoms with Gasteiger partial charge in [-0.05, 0) is 36.4 Å². The zero-order chi connectivity index (χ0) is 16.9. The molecule has 3 rings (SSSR count). The number of rotatable bonds is 5. The molecule has 0 spiro atoms. The third-order valence-corrected chi connectivity index (χ3v) is 3.64. The van der Waals surface area contributed by atoms with Gasteiger partial charge in [0.25, 0.3) is 0 Å². The first-order chi connectivity index (χ1) is 11.7. The predicted octanol–water partition coefficient (Wildman–Crippen LogP) is 4.01. The quantitative estimate of drug-likeness (QED) is 0.666. The number of hydrogen-bond donors (Lipinski definition) is 0. The summed E-state index contributed by atoms with van der Waals surface area (Å²) in [5.41, 5.74) is 2.66. The molecule has 0 fully saturated rings. The van der Waals surface area contributed by atoms with Crippen molar-refractivity contribution in [2.45, 2.75) is 0 Å². The molecule has 1 heterocycles. The normalized spacial score (nSPS) is 11.0. The molecule has 0 aliphatic heterocycles. The van der Waals surface area contributed by atoms with Gasteiger partial charge in [0.2, 0.25) is 5.75 Å². The van der Waals surface area contributed by atoms with Crippen LogP contribution in [-0.4, -0.2) is 32.5 Å². The van der Waals surface area contributed by atoms with E-state index in [9.17, 15) is 0 Å². The maximum absolute atomic E-state index is 5.35. The Labute approximate surface area is 140 Å². The average Bonchev–Trinajstić information content (AvgIpc) is 2.65. The summed E-state index contributed by atoms with van der Waals surface area (Å²) in [6.07, 6.45) is 3.54. The second-order valence-corrected chi connectivity index (χ2v) is 5.10. The van der Waals surface area contributed by atoms with E-state index in [-0.39, 0.29) is 0 Å². The van der Waals surface area contributed by atoms with Crippen LogP contribution in [0.4, 0.5) is 5.69 Å². The maximum Gasteiger partial charge on any atom is 0.203 e. The number of fused-ring (bicyclic) bond motifs is 1. The van der Waals surface area contributed by atoms with Crippen molar-refractivity contribution in [3.63, 3.8) is 0 Å². The lowest BCUT2D eigenvalue weighted by molar-refractivity contribution is 0.324. The summed E-state index contributed by atoms with van der Waals surface area (Å²) < 4.78 is 16.0. The van der Waals surface area contributed by atoms with Crippen molar-refractivity contribution >= 4 is 22.8 Å².